The number of aryl methyl sites for hydroxylation is 1. The van der Waals surface area contributed by atoms with Crippen molar-refractivity contribution in [3.8, 4) is 0 Å². The molecule has 4 N–H and O–H groups in total. The van der Waals surface area contributed by atoms with Gasteiger partial charge in [0, 0.05) is 61.2 Å². The van der Waals surface area contributed by atoms with Crippen LogP contribution in [0.3, 0.4) is 0 Å². The minimum absolute atomic E-state index is 0.0135. The van der Waals surface area contributed by atoms with Gasteiger partial charge in [-0.3, -0.25) is 9.89 Å². The summed E-state index contributed by atoms with van der Waals surface area (Å²) in [7, 11) is 0. The lowest BCUT2D eigenvalue weighted by molar-refractivity contribution is 0.0585. The normalized spacial score (nSPS) is 17.0. The van der Waals surface area contributed by atoms with E-state index in [9.17, 15) is 13.6 Å². The van der Waals surface area contributed by atoms with E-state index >= 15 is 0 Å². The number of H-pyrrole nitrogens is 1. The van der Waals surface area contributed by atoms with Gasteiger partial charge in [-0.15, -0.1) is 0 Å². The molecule has 3 aromatic rings. The fraction of sp³-hybridized carbons (Fsp3) is 0.393. The Balaban J connectivity index is 1.38. The molecule has 2 aliphatic heterocycles. The maximum absolute atomic E-state index is 14.6. The molecule has 5 rings (SSSR count). The van der Waals surface area contributed by atoms with E-state index < -0.39 is 11.6 Å². The summed E-state index contributed by atoms with van der Waals surface area (Å²) >= 11 is 0. The molecule has 0 atom stereocenters. The number of piperidine rings is 1. The summed E-state index contributed by atoms with van der Waals surface area (Å²) in [4.78, 5) is 21.8. The van der Waals surface area contributed by atoms with E-state index in [-0.39, 0.29) is 28.4 Å². The highest BCUT2D eigenvalue weighted by atomic mass is 19.1. The number of pyridine rings is 1. The lowest BCUT2D eigenvalue weighted by Crippen LogP contribution is -2.47. The summed E-state index contributed by atoms with van der Waals surface area (Å²) in [6.45, 7) is 9.15. The Kier molecular flexibility index (Phi) is 7.05. The van der Waals surface area contributed by atoms with E-state index in [2.05, 4.69) is 32.0 Å². The fourth-order valence-corrected chi connectivity index (χ4v) is 5.53. The fourth-order valence-electron chi connectivity index (χ4n) is 5.53. The number of benzene rings is 1. The van der Waals surface area contributed by atoms with Crippen LogP contribution in [0.25, 0.3) is 0 Å². The number of aromatic nitrogens is 3. The Morgan fingerprint density at radius 2 is 1.87 bits per heavy atom. The van der Waals surface area contributed by atoms with E-state index in [0.29, 0.717) is 38.2 Å². The van der Waals surface area contributed by atoms with Crippen LogP contribution in [0.5, 0.6) is 0 Å². The molecule has 0 spiro atoms. The van der Waals surface area contributed by atoms with Gasteiger partial charge in [0.05, 0.1) is 11.3 Å². The Labute approximate surface area is 220 Å². The maximum atomic E-state index is 14.6. The zero-order chi connectivity index (χ0) is 26.9. The lowest BCUT2D eigenvalue weighted by atomic mass is 9.71. The largest absolute Gasteiger partial charge is 0.396 e. The van der Waals surface area contributed by atoms with E-state index in [1.165, 1.54) is 18.2 Å². The summed E-state index contributed by atoms with van der Waals surface area (Å²) in [6, 6.07) is 9.40. The molecule has 200 valence electrons. The second kappa shape index (κ2) is 10.4. The number of halogens is 2. The molecule has 0 saturated carbocycles. The highest BCUT2D eigenvalue weighted by Crippen LogP contribution is 2.44. The number of hydrogen-bond donors (Lipinski definition) is 3. The highest BCUT2D eigenvalue weighted by molar-refractivity contribution is 5.95. The van der Waals surface area contributed by atoms with Crippen LogP contribution < -0.4 is 11.1 Å². The Hall–Kier alpha value is -3.95. The number of rotatable bonds is 7. The molecule has 0 radical (unpaired) electrons. The predicted molar refractivity (Wildman–Crippen MR) is 143 cm³/mol. The average Bonchev–Trinajstić information content (AvgIpc) is 3.59. The summed E-state index contributed by atoms with van der Waals surface area (Å²) in [5, 5.41) is 9.91. The zero-order valence-corrected chi connectivity index (χ0v) is 21.6. The SMILES string of the molecule is C=C(N1CCCC1)C1(Cc2ccc(F)c(Nc3cc(C)[nH]n3)n2)CCN(C(=O)c2cccc(N)c2F)CC1. The van der Waals surface area contributed by atoms with Crippen LogP contribution in [0.2, 0.25) is 0 Å². The number of amides is 1. The number of nitrogen functional groups attached to an aromatic ring is 1. The van der Waals surface area contributed by atoms with Gasteiger partial charge >= 0.3 is 0 Å². The Morgan fingerprint density at radius 1 is 1.13 bits per heavy atom. The zero-order valence-electron chi connectivity index (χ0n) is 21.6. The molecule has 38 heavy (non-hydrogen) atoms. The molecular formula is C28H33F2N7O. The number of nitrogens with one attached hydrogen (secondary N) is 2. The number of likely N-dealkylation sites (tertiary alicyclic amines) is 2. The minimum atomic E-state index is -0.682. The molecule has 8 nitrogen and oxygen atoms in total. The topological polar surface area (TPSA) is 103 Å². The number of anilines is 3. The summed E-state index contributed by atoms with van der Waals surface area (Å²) < 4.78 is 29.2. The molecule has 0 aliphatic carbocycles. The summed E-state index contributed by atoms with van der Waals surface area (Å²) in [5.41, 5.74) is 7.88. The third-order valence-electron chi connectivity index (χ3n) is 7.74. The first-order valence-electron chi connectivity index (χ1n) is 13.0. The molecule has 4 heterocycles. The number of allylic oxidation sites excluding steroid dienone is 1. The Morgan fingerprint density at radius 3 is 2.55 bits per heavy atom. The van der Waals surface area contributed by atoms with Crippen LogP contribution in [0.4, 0.5) is 26.1 Å². The van der Waals surface area contributed by atoms with E-state index in [4.69, 9.17) is 5.73 Å². The van der Waals surface area contributed by atoms with E-state index in [1.54, 1.807) is 23.1 Å². The van der Waals surface area contributed by atoms with Crippen molar-refractivity contribution in [3.05, 3.63) is 77.3 Å². The van der Waals surface area contributed by atoms with Crippen molar-refractivity contribution in [2.75, 3.05) is 37.2 Å². The third-order valence-corrected chi connectivity index (χ3v) is 7.74. The molecule has 10 heteroatoms. The van der Waals surface area contributed by atoms with Crippen LogP contribution in [0.15, 0.2) is 48.7 Å². The average molecular weight is 522 g/mol. The van der Waals surface area contributed by atoms with Crippen molar-refractivity contribution in [3.63, 3.8) is 0 Å². The predicted octanol–water partition coefficient (Wildman–Crippen LogP) is 4.79. The van der Waals surface area contributed by atoms with Gasteiger partial charge in [0.2, 0.25) is 0 Å². The van der Waals surface area contributed by atoms with Gasteiger partial charge < -0.3 is 20.9 Å². The number of hydrogen-bond acceptors (Lipinski definition) is 6. The second-order valence-electron chi connectivity index (χ2n) is 10.3. The van der Waals surface area contributed by atoms with Crippen molar-refractivity contribution in [1.82, 2.24) is 25.0 Å². The van der Waals surface area contributed by atoms with Crippen LogP contribution in [-0.2, 0) is 6.42 Å². The molecule has 2 saturated heterocycles. The molecular weight excluding hydrogens is 488 g/mol. The number of aromatic amines is 1. The van der Waals surface area contributed by atoms with Gasteiger partial charge in [0.1, 0.15) is 0 Å². The number of carbonyl (C=O) groups excluding carboxylic acids is 1. The van der Waals surface area contributed by atoms with E-state index in [0.717, 1.165) is 43.0 Å². The molecule has 2 aromatic heterocycles. The molecule has 0 unspecified atom stereocenters. The summed E-state index contributed by atoms with van der Waals surface area (Å²) in [5.74, 6) is -0.913. The molecule has 2 aliphatic rings. The van der Waals surface area contributed by atoms with Crippen molar-refractivity contribution >= 4 is 23.2 Å². The van der Waals surface area contributed by atoms with Crippen LogP contribution >= 0.6 is 0 Å². The van der Waals surface area contributed by atoms with Crippen molar-refractivity contribution in [2.24, 2.45) is 5.41 Å². The van der Waals surface area contributed by atoms with Crippen molar-refractivity contribution < 1.29 is 13.6 Å². The maximum Gasteiger partial charge on any atom is 0.256 e. The van der Waals surface area contributed by atoms with Gasteiger partial charge in [-0.2, -0.15) is 5.10 Å². The minimum Gasteiger partial charge on any atom is -0.396 e. The standard InChI is InChI=1S/C28H33F2N7O/c1-18-16-24(35-34-18)33-26-22(29)9-8-20(32-26)17-28(19(2)36-12-3-4-13-36)10-14-37(15-11-28)27(38)21-6-5-7-23(31)25(21)30/h5-9,16H,2-4,10-15,17,31H2,1H3,(H2,32,33,34,35). The van der Waals surface area contributed by atoms with Gasteiger partial charge in [-0.25, -0.2) is 13.8 Å². The first-order chi connectivity index (χ1) is 18.3. The van der Waals surface area contributed by atoms with Crippen LogP contribution in [0, 0.1) is 24.0 Å². The van der Waals surface area contributed by atoms with Crippen LogP contribution in [0.1, 0.15) is 47.4 Å². The van der Waals surface area contributed by atoms with E-state index in [1.807, 2.05) is 6.92 Å². The van der Waals surface area contributed by atoms with Crippen molar-refractivity contribution in [2.45, 2.75) is 39.0 Å². The van der Waals surface area contributed by atoms with Gasteiger partial charge in [-0.05, 0) is 56.9 Å². The molecule has 0 bridgehead atoms. The number of carbonyl (C=O) groups is 1. The second-order valence-corrected chi connectivity index (χ2v) is 10.3. The molecule has 1 aromatic carbocycles. The van der Waals surface area contributed by atoms with Gasteiger partial charge in [0.15, 0.2) is 23.3 Å². The number of nitrogens with zero attached hydrogens (tertiary/aromatic N) is 4. The molecule has 2 fully saturated rings. The van der Waals surface area contributed by atoms with Gasteiger partial charge in [-0.1, -0.05) is 12.6 Å². The Bertz CT molecular complexity index is 1340. The monoisotopic (exact) mass is 521 g/mol. The highest BCUT2D eigenvalue weighted by Gasteiger charge is 2.41. The smallest absolute Gasteiger partial charge is 0.256 e. The number of nitrogens with two attached hydrogens (primary N) is 1. The third kappa shape index (κ3) is 5.07. The lowest BCUT2D eigenvalue weighted by Gasteiger charge is -2.46. The quantitative estimate of drug-likeness (QED) is 0.386. The first-order valence-corrected chi connectivity index (χ1v) is 13.0. The summed E-state index contributed by atoms with van der Waals surface area (Å²) in [6.07, 6.45) is 4.04. The van der Waals surface area contributed by atoms with Crippen molar-refractivity contribution in [1.29, 1.82) is 0 Å². The van der Waals surface area contributed by atoms with Gasteiger partial charge in [0.25, 0.3) is 5.91 Å². The van der Waals surface area contributed by atoms with Crippen LogP contribution in [-0.4, -0.2) is 57.1 Å². The molecule has 1 amide bonds. The first kappa shape index (κ1) is 25.7.